The molecule has 1 saturated heterocycles. The van der Waals surface area contributed by atoms with E-state index < -0.39 is 5.97 Å². The Kier molecular flexibility index (Phi) is 3.11. The Bertz CT molecular complexity index is 157. The monoisotopic (exact) mass is 156 g/mol. The van der Waals surface area contributed by atoms with Crippen molar-refractivity contribution in [2.24, 2.45) is 0 Å². The van der Waals surface area contributed by atoms with Crippen LogP contribution in [0.3, 0.4) is 0 Å². The number of carboxylic acid groups (broad SMARTS) is 1. The molecular formula is C8H12O3. The third kappa shape index (κ3) is 3.18. The standard InChI is InChI=1S/C8H12O3/c9-8(10)5-4-7-3-1-2-6-11-7/h4-5,7H,1-3,6H2,(H,9,10)/b5-4+. The van der Waals surface area contributed by atoms with Crippen molar-refractivity contribution in [3.8, 4) is 0 Å². The lowest BCUT2D eigenvalue weighted by Crippen LogP contribution is -2.16. The van der Waals surface area contributed by atoms with Crippen LogP contribution in [0.5, 0.6) is 0 Å². The van der Waals surface area contributed by atoms with Crippen LogP contribution in [0.1, 0.15) is 19.3 Å². The first-order chi connectivity index (χ1) is 5.29. The van der Waals surface area contributed by atoms with Crippen LogP contribution in [0, 0.1) is 0 Å². The summed E-state index contributed by atoms with van der Waals surface area (Å²) in [6.45, 7) is 0.759. The fourth-order valence-electron chi connectivity index (χ4n) is 1.11. The second kappa shape index (κ2) is 4.13. The molecule has 0 aromatic carbocycles. The lowest BCUT2D eigenvalue weighted by atomic mass is 10.1. The van der Waals surface area contributed by atoms with E-state index in [1.54, 1.807) is 6.08 Å². The summed E-state index contributed by atoms with van der Waals surface area (Å²) in [4.78, 5) is 10.1. The summed E-state index contributed by atoms with van der Waals surface area (Å²) >= 11 is 0. The zero-order valence-corrected chi connectivity index (χ0v) is 6.32. The van der Waals surface area contributed by atoms with Gasteiger partial charge in [0.1, 0.15) is 0 Å². The van der Waals surface area contributed by atoms with E-state index in [0.717, 1.165) is 31.9 Å². The minimum absolute atomic E-state index is 0.0276. The van der Waals surface area contributed by atoms with Crippen LogP contribution in [0.25, 0.3) is 0 Å². The van der Waals surface area contributed by atoms with E-state index in [9.17, 15) is 4.79 Å². The normalized spacial score (nSPS) is 25.6. The Hall–Kier alpha value is -0.830. The predicted octanol–water partition coefficient (Wildman–Crippen LogP) is 1.20. The van der Waals surface area contributed by atoms with Crippen LogP contribution in [0.2, 0.25) is 0 Å². The van der Waals surface area contributed by atoms with Gasteiger partial charge in [0.25, 0.3) is 0 Å². The average molecular weight is 156 g/mol. The highest BCUT2D eigenvalue weighted by molar-refractivity contribution is 5.79. The van der Waals surface area contributed by atoms with Gasteiger partial charge in [0.05, 0.1) is 6.10 Å². The van der Waals surface area contributed by atoms with E-state index in [2.05, 4.69) is 0 Å². The fourth-order valence-corrected chi connectivity index (χ4v) is 1.11. The summed E-state index contributed by atoms with van der Waals surface area (Å²) in [5, 5.41) is 8.30. The minimum atomic E-state index is -0.904. The second-order valence-corrected chi connectivity index (χ2v) is 2.60. The molecule has 3 nitrogen and oxygen atoms in total. The van der Waals surface area contributed by atoms with Crippen LogP contribution >= 0.6 is 0 Å². The molecule has 0 spiro atoms. The largest absolute Gasteiger partial charge is 0.478 e. The first kappa shape index (κ1) is 8.27. The summed E-state index contributed by atoms with van der Waals surface area (Å²) < 4.78 is 5.28. The zero-order chi connectivity index (χ0) is 8.10. The number of aliphatic carboxylic acids is 1. The maximum absolute atomic E-state index is 10.1. The van der Waals surface area contributed by atoms with Gasteiger partial charge in [-0.2, -0.15) is 0 Å². The lowest BCUT2D eigenvalue weighted by Gasteiger charge is -2.18. The zero-order valence-electron chi connectivity index (χ0n) is 6.32. The van der Waals surface area contributed by atoms with Crippen molar-refractivity contribution < 1.29 is 14.6 Å². The van der Waals surface area contributed by atoms with Gasteiger partial charge in [-0.1, -0.05) is 0 Å². The van der Waals surface area contributed by atoms with Gasteiger partial charge >= 0.3 is 5.97 Å². The third-order valence-electron chi connectivity index (χ3n) is 1.67. The van der Waals surface area contributed by atoms with Crippen LogP contribution in [0.15, 0.2) is 12.2 Å². The van der Waals surface area contributed by atoms with Crippen molar-refractivity contribution in [1.82, 2.24) is 0 Å². The maximum atomic E-state index is 10.1. The highest BCUT2D eigenvalue weighted by atomic mass is 16.5. The van der Waals surface area contributed by atoms with Crippen molar-refractivity contribution >= 4 is 5.97 Å². The summed E-state index contributed by atoms with van der Waals surface area (Å²) in [5.41, 5.74) is 0. The quantitative estimate of drug-likeness (QED) is 0.611. The topological polar surface area (TPSA) is 46.5 Å². The maximum Gasteiger partial charge on any atom is 0.328 e. The van der Waals surface area contributed by atoms with E-state index in [1.807, 2.05) is 0 Å². The molecule has 62 valence electrons. The molecule has 1 heterocycles. The fraction of sp³-hybridized carbons (Fsp3) is 0.625. The highest BCUT2D eigenvalue weighted by Crippen LogP contribution is 2.13. The second-order valence-electron chi connectivity index (χ2n) is 2.60. The van der Waals surface area contributed by atoms with E-state index in [-0.39, 0.29) is 6.10 Å². The lowest BCUT2D eigenvalue weighted by molar-refractivity contribution is -0.131. The molecule has 1 aliphatic rings. The molecule has 1 fully saturated rings. The van der Waals surface area contributed by atoms with Crippen LogP contribution in [-0.2, 0) is 9.53 Å². The molecular weight excluding hydrogens is 144 g/mol. The van der Waals surface area contributed by atoms with E-state index in [4.69, 9.17) is 9.84 Å². The van der Waals surface area contributed by atoms with Crippen molar-refractivity contribution in [1.29, 1.82) is 0 Å². The van der Waals surface area contributed by atoms with E-state index in [1.165, 1.54) is 0 Å². The van der Waals surface area contributed by atoms with Gasteiger partial charge in [-0.15, -0.1) is 0 Å². The number of rotatable bonds is 2. The van der Waals surface area contributed by atoms with Gasteiger partial charge in [-0.3, -0.25) is 0 Å². The molecule has 0 radical (unpaired) electrons. The molecule has 0 amide bonds. The van der Waals surface area contributed by atoms with Crippen molar-refractivity contribution in [2.75, 3.05) is 6.61 Å². The van der Waals surface area contributed by atoms with Gasteiger partial charge in [-0.05, 0) is 25.3 Å². The number of carbonyl (C=O) groups is 1. The van der Waals surface area contributed by atoms with Gasteiger partial charge in [-0.25, -0.2) is 4.79 Å². The third-order valence-corrected chi connectivity index (χ3v) is 1.67. The Balaban J connectivity index is 2.29. The Morgan fingerprint density at radius 3 is 2.91 bits per heavy atom. The van der Waals surface area contributed by atoms with Crippen LogP contribution in [0.4, 0.5) is 0 Å². The number of hydrogen-bond acceptors (Lipinski definition) is 2. The molecule has 0 saturated carbocycles. The van der Waals surface area contributed by atoms with Gasteiger partial charge in [0.15, 0.2) is 0 Å². The van der Waals surface area contributed by atoms with Crippen molar-refractivity contribution in [3.05, 3.63) is 12.2 Å². The van der Waals surface area contributed by atoms with Crippen molar-refractivity contribution in [2.45, 2.75) is 25.4 Å². The van der Waals surface area contributed by atoms with Crippen LogP contribution in [-0.4, -0.2) is 23.8 Å². The van der Waals surface area contributed by atoms with Gasteiger partial charge in [0, 0.05) is 12.7 Å². The van der Waals surface area contributed by atoms with Crippen LogP contribution < -0.4 is 0 Å². The minimum Gasteiger partial charge on any atom is -0.478 e. The Morgan fingerprint density at radius 2 is 2.36 bits per heavy atom. The van der Waals surface area contributed by atoms with E-state index in [0.29, 0.717) is 0 Å². The Morgan fingerprint density at radius 1 is 1.55 bits per heavy atom. The van der Waals surface area contributed by atoms with E-state index >= 15 is 0 Å². The number of ether oxygens (including phenoxy) is 1. The smallest absolute Gasteiger partial charge is 0.328 e. The molecule has 1 aliphatic heterocycles. The summed E-state index contributed by atoms with van der Waals surface area (Å²) in [6.07, 6.45) is 5.97. The van der Waals surface area contributed by atoms with Gasteiger partial charge in [0.2, 0.25) is 0 Å². The molecule has 0 aromatic heterocycles. The summed E-state index contributed by atoms with van der Waals surface area (Å²) in [7, 11) is 0. The number of hydrogen-bond donors (Lipinski definition) is 1. The molecule has 1 atom stereocenters. The molecule has 3 heteroatoms. The number of carboxylic acids is 1. The van der Waals surface area contributed by atoms with Crippen molar-refractivity contribution in [3.63, 3.8) is 0 Å². The SMILES string of the molecule is O=C(O)/C=C/C1CCCCO1. The average Bonchev–Trinajstić information content (AvgIpc) is 2.03. The molecule has 1 rings (SSSR count). The summed E-state index contributed by atoms with van der Waals surface area (Å²) in [6, 6.07) is 0. The summed E-state index contributed by atoms with van der Waals surface area (Å²) in [5.74, 6) is -0.904. The molecule has 11 heavy (non-hydrogen) atoms. The Labute approximate surface area is 65.7 Å². The highest BCUT2D eigenvalue weighted by Gasteiger charge is 2.09. The van der Waals surface area contributed by atoms with Gasteiger partial charge < -0.3 is 9.84 Å². The molecule has 1 N–H and O–H groups in total. The predicted molar refractivity (Wildman–Crippen MR) is 40.4 cm³/mol. The molecule has 1 unspecified atom stereocenters. The first-order valence-corrected chi connectivity index (χ1v) is 3.82. The first-order valence-electron chi connectivity index (χ1n) is 3.82. The molecule has 0 aromatic rings. The molecule has 0 aliphatic carbocycles. The molecule has 0 bridgehead atoms.